The topological polar surface area (TPSA) is 138 Å². The molecular formula is C26H23N5O5. The summed E-state index contributed by atoms with van der Waals surface area (Å²) in [6, 6.07) is 21.2. The van der Waals surface area contributed by atoms with Crippen molar-refractivity contribution in [3.63, 3.8) is 0 Å². The van der Waals surface area contributed by atoms with Gasteiger partial charge >= 0.3 is 11.9 Å². The van der Waals surface area contributed by atoms with E-state index in [2.05, 4.69) is 20.6 Å². The van der Waals surface area contributed by atoms with Crippen molar-refractivity contribution in [1.82, 2.24) is 9.97 Å². The molecule has 10 nitrogen and oxygen atoms in total. The molecule has 4 aromatic rings. The minimum Gasteiger partial charge on any atom is -0.465 e. The van der Waals surface area contributed by atoms with Crippen LogP contribution in [-0.4, -0.2) is 36.1 Å². The second-order valence-electron chi connectivity index (χ2n) is 7.46. The predicted octanol–water partition coefficient (Wildman–Crippen LogP) is 4.91. The fraction of sp³-hybridized carbons (Fsp3) is 0.0769. The maximum Gasteiger partial charge on any atom is 0.337 e. The Bertz CT molecular complexity index is 1340. The summed E-state index contributed by atoms with van der Waals surface area (Å²) in [5.74, 6) is 0.830. The first kappa shape index (κ1) is 24.0. The Labute approximate surface area is 207 Å². The number of anilines is 5. The fourth-order valence-electron chi connectivity index (χ4n) is 3.27. The van der Waals surface area contributed by atoms with Crippen LogP contribution in [-0.2, 0) is 9.47 Å². The molecule has 0 aliphatic rings. The van der Waals surface area contributed by atoms with Gasteiger partial charge in [0.1, 0.15) is 23.5 Å². The number of para-hydroxylation sites is 1. The highest BCUT2D eigenvalue weighted by Gasteiger charge is 2.16. The van der Waals surface area contributed by atoms with E-state index in [9.17, 15) is 9.59 Å². The van der Waals surface area contributed by atoms with Crippen molar-refractivity contribution in [2.45, 2.75) is 0 Å². The van der Waals surface area contributed by atoms with Crippen LogP contribution in [0.1, 0.15) is 20.7 Å². The number of carbonyl (C=O) groups excluding carboxylic acids is 2. The standard InChI is InChI=1S/C26H23N5O5/c1-34-25(32)16-12-17(26(33)35-2)14-19(13-16)31-24-22(27)23(28-15-29-24)30-18-8-10-21(11-9-18)36-20-6-4-3-5-7-20/h3-15H,27H2,1-2H3,(H2,28,29,30,31). The number of nitrogens with one attached hydrogen (secondary N) is 2. The summed E-state index contributed by atoms with van der Waals surface area (Å²) in [6.45, 7) is 0. The lowest BCUT2D eigenvalue weighted by Crippen LogP contribution is -2.09. The van der Waals surface area contributed by atoms with Crippen LogP contribution < -0.4 is 21.1 Å². The van der Waals surface area contributed by atoms with E-state index in [1.165, 1.54) is 38.7 Å². The van der Waals surface area contributed by atoms with Gasteiger partial charge in [-0.3, -0.25) is 0 Å². The number of nitrogens with zero attached hydrogens (tertiary/aromatic N) is 2. The number of benzene rings is 3. The van der Waals surface area contributed by atoms with E-state index in [1.807, 2.05) is 54.6 Å². The smallest absolute Gasteiger partial charge is 0.337 e. The summed E-state index contributed by atoms with van der Waals surface area (Å²) >= 11 is 0. The van der Waals surface area contributed by atoms with Gasteiger partial charge in [0.15, 0.2) is 11.6 Å². The Hall–Kier alpha value is -5.12. The number of rotatable bonds is 8. The molecule has 1 aromatic heterocycles. The van der Waals surface area contributed by atoms with Gasteiger partial charge in [-0.2, -0.15) is 0 Å². The van der Waals surface area contributed by atoms with Crippen molar-refractivity contribution in [3.05, 3.63) is 90.3 Å². The summed E-state index contributed by atoms with van der Waals surface area (Å²) in [5.41, 5.74) is 7.96. The lowest BCUT2D eigenvalue weighted by Gasteiger charge is -2.14. The molecule has 0 aliphatic carbocycles. The number of carbonyl (C=O) groups is 2. The molecule has 1 heterocycles. The van der Waals surface area contributed by atoms with Crippen molar-refractivity contribution in [1.29, 1.82) is 0 Å². The van der Waals surface area contributed by atoms with Crippen molar-refractivity contribution in [3.8, 4) is 11.5 Å². The van der Waals surface area contributed by atoms with E-state index in [-0.39, 0.29) is 22.6 Å². The first-order chi connectivity index (χ1) is 17.5. The number of methoxy groups -OCH3 is 2. The van der Waals surface area contributed by atoms with Crippen LogP contribution in [0, 0.1) is 0 Å². The Morgan fingerprint density at radius 1 is 0.722 bits per heavy atom. The summed E-state index contributed by atoms with van der Waals surface area (Å²) in [5, 5.41) is 6.17. The van der Waals surface area contributed by atoms with Gasteiger partial charge in [-0.25, -0.2) is 19.6 Å². The molecule has 4 N–H and O–H groups in total. The third kappa shape index (κ3) is 5.68. The average molecular weight is 486 g/mol. The van der Waals surface area contributed by atoms with Gasteiger partial charge in [-0.15, -0.1) is 0 Å². The maximum atomic E-state index is 12.1. The molecule has 0 saturated heterocycles. The molecule has 182 valence electrons. The molecule has 0 saturated carbocycles. The third-order valence-electron chi connectivity index (χ3n) is 5.02. The van der Waals surface area contributed by atoms with Gasteiger partial charge in [0.05, 0.1) is 25.3 Å². The SMILES string of the molecule is COC(=O)c1cc(Nc2ncnc(Nc3ccc(Oc4ccccc4)cc3)c2N)cc(C(=O)OC)c1. The van der Waals surface area contributed by atoms with Gasteiger partial charge in [-0.05, 0) is 54.6 Å². The molecule has 0 fully saturated rings. The number of nitrogens with two attached hydrogens (primary N) is 1. The van der Waals surface area contributed by atoms with Crippen LogP contribution in [0.5, 0.6) is 11.5 Å². The maximum absolute atomic E-state index is 12.1. The highest BCUT2D eigenvalue weighted by Crippen LogP contribution is 2.30. The highest BCUT2D eigenvalue weighted by atomic mass is 16.5. The number of hydrogen-bond acceptors (Lipinski definition) is 10. The monoisotopic (exact) mass is 485 g/mol. The highest BCUT2D eigenvalue weighted by molar-refractivity contribution is 5.97. The summed E-state index contributed by atoms with van der Waals surface area (Å²) in [4.78, 5) is 32.5. The van der Waals surface area contributed by atoms with Crippen LogP contribution in [0.4, 0.5) is 28.7 Å². The first-order valence-electron chi connectivity index (χ1n) is 10.8. The molecule has 0 amide bonds. The minimum atomic E-state index is -0.610. The summed E-state index contributed by atoms with van der Waals surface area (Å²) in [6.07, 6.45) is 1.33. The lowest BCUT2D eigenvalue weighted by atomic mass is 10.1. The van der Waals surface area contributed by atoms with Crippen LogP contribution in [0.2, 0.25) is 0 Å². The largest absolute Gasteiger partial charge is 0.465 e. The van der Waals surface area contributed by atoms with E-state index >= 15 is 0 Å². The first-order valence-corrected chi connectivity index (χ1v) is 10.8. The van der Waals surface area contributed by atoms with E-state index in [0.717, 1.165) is 11.4 Å². The fourth-order valence-corrected chi connectivity index (χ4v) is 3.27. The van der Waals surface area contributed by atoms with Gasteiger partial charge in [0, 0.05) is 11.4 Å². The van der Waals surface area contributed by atoms with Crippen LogP contribution in [0.3, 0.4) is 0 Å². The molecule has 3 aromatic carbocycles. The van der Waals surface area contributed by atoms with Crippen molar-refractivity contribution in [2.24, 2.45) is 0 Å². The Balaban J connectivity index is 1.53. The second kappa shape index (κ2) is 10.9. The third-order valence-corrected chi connectivity index (χ3v) is 5.02. The molecule has 0 unspecified atom stereocenters. The van der Waals surface area contributed by atoms with E-state index in [0.29, 0.717) is 17.3 Å². The summed E-state index contributed by atoms with van der Waals surface area (Å²) in [7, 11) is 2.50. The normalized spacial score (nSPS) is 10.3. The molecule has 0 atom stereocenters. The zero-order valence-corrected chi connectivity index (χ0v) is 19.5. The zero-order chi connectivity index (χ0) is 25.5. The van der Waals surface area contributed by atoms with Crippen molar-refractivity contribution >= 4 is 40.6 Å². The van der Waals surface area contributed by atoms with Gasteiger partial charge in [0.2, 0.25) is 0 Å². The Morgan fingerprint density at radius 3 is 1.81 bits per heavy atom. The van der Waals surface area contributed by atoms with Crippen molar-refractivity contribution in [2.75, 3.05) is 30.6 Å². The number of ether oxygens (including phenoxy) is 3. The molecule has 0 aliphatic heterocycles. The predicted molar refractivity (Wildman–Crippen MR) is 135 cm³/mol. The molecule has 10 heteroatoms. The molecule has 36 heavy (non-hydrogen) atoms. The number of esters is 2. The van der Waals surface area contributed by atoms with E-state index in [1.54, 1.807) is 0 Å². The van der Waals surface area contributed by atoms with E-state index < -0.39 is 11.9 Å². The van der Waals surface area contributed by atoms with Gasteiger partial charge < -0.3 is 30.6 Å². The van der Waals surface area contributed by atoms with Crippen LogP contribution in [0.15, 0.2) is 79.1 Å². The molecule has 0 radical (unpaired) electrons. The molecule has 0 spiro atoms. The zero-order valence-electron chi connectivity index (χ0n) is 19.5. The minimum absolute atomic E-state index is 0.159. The molecule has 4 rings (SSSR count). The van der Waals surface area contributed by atoms with E-state index in [4.69, 9.17) is 19.9 Å². The number of aromatic nitrogens is 2. The lowest BCUT2D eigenvalue weighted by molar-refractivity contribution is 0.0599. The number of hydrogen-bond donors (Lipinski definition) is 3. The molecule has 0 bridgehead atoms. The van der Waals surface area contributed by atoms with Crippen LogP contribution >= 0.6 is 0 Å². The number of nitrogen functional groups attached to an aromatic ring is 1. The van der Waals surface area contributed by atoms with Gasteiger partial charge in [-0.1, -0.05) is 18.2 Å². The quantitative estimate of drug-likeness (QED) is 0.295. The van der Waals surface area contributed by atoms with Crippen LogP contribution in [0.25, 0.3) is 0 Å². The Kier molecular flexibility index (Phi) is 7.25. The second-order valence-corrected chi connectivity index (χ2v) is 7.46. The molecular weight excluding hydrogens is 462 g/mol. The average Bonchev–Trinajstić information content (AvgIpc) is 2.91. The van der Waals surface area contributed by atoms with Crippen molar-refractivity contribution < 1.29 is 23.8 Å². The summed E-state index contributed by atoms with van der Waals surface area (Å²) < 4.78 is 15.4. The Morgan fingerprint density at radius 2 is 1.25 bits per heavy atom. The van der Waals surface area contributed by atoms with Gasteiger partial charge in [0.25, 0.3) is 0 Å².